The molecule has 1 amide bonds. The summed E-state index contributed by atoms with van der Waals surface area (Å²) in [6, 6.07) is 1.11. The van der Waals surface area contributed by atoms with E-state index >= 15 is 0 Å². The number of aromatic nitrogens is 3. The van der Waals surface area contributed by atoms with Crippen molar-refractivity contribution in [3.05, 3.63) is 35.2 Å². The van der Waals surface area contributed by atoms with Crippen molar-refractivity contribution in [2.45, 2.75) is 56.5 Å². The number of alkyl halides is 3. The highest BCUT2D eigenvalue weighted by Crippen LogP contribution is 2.41. The van der Waals surface area contributed by atoms with Gasteiger partial charge in [-0.05, 0) is 18.8 Å². The topological polar surface area (TPSA) is 124 Å². The quantitative estimate of drug-likeness (QED) is 0.617. The second-order valence-electron chi connectivity index (χ2n) is 7.82. The Hall–Kier alpha value is -2.70. The third-order valence-corrected chi connectivity index (χ3v) is 6.65. The lowest BCUT2D eigenvalue weighted by Gasteiger charge is -2.27. The van der Waals surface area contributed by atoms with E-state index in [4.69, 9.17) is 9.26 Å². The van der Waals surface area contributed by atoms with Gasteiger partial charge in [-0.1, -0.05) is 18.5 Å². The predicted octanol–water partition coefficient (Wildman–Crippen LogP) is 2.89. The van der Waals surface area contributed by atoms with Gasteiger partial charge in [0.2, 0.25) is 5.89 Å². The Balaban J connectivity index is 1.85. The molecule has 2 heterocycles. The van der Waals surface area contributed by atoms with Gasteiger partial charge in [-0.15, -0.1) is 0 Å². The summed E-state index contributed by atoms with van der Waals surface area (Å²) in [4.78, 5) is 20.8. The van der Waals surface area contributed by atoms with Gasteiger partial charge in [0.15, 0.2) is 22.3 Å². The zero-order chi connectivity index (χ0) is 23.7. The molecule has 13 heteroatoms. The number of carbonyl (C=O) groups is 1. The highest BCUT2D eigenvalue weighted by Gasteiger charge is 2.34. The Kier molecular flexibility index (Phi) is 6.77. The molecule has 0 saturated heterocycles. The van der Waals surface area contributed by atoms with Gasteiger partial charge in [0, 0.05) is 31.0 Å². The number of ether oxygens (including phenoxy) is 1. The molecule has 1 saturated carbocycles. The number of hydrogen-bond acceptors (Lipinski definition) is 8. The Bertz CT molecular complexity index is 1080. The second-order valence-corrected chi connectivity index (χ2v) is 9.99. The Labute approximate surface area is 182 Å². The molecule has 1 aliphatic rings. The summed E-state index contributed by atoms with van der Waals surface area (Å²) in [6.07, 6.45) is 0.205. The maximum absolute atomic E-state index is 12.8. The number of nitrogens with one attached hydrogen (secondary N) is 1. The van der Waals surface area contributed by atoms with E-state index in [9.17, 15) is 26.4 Å². The molecule has 2 aromatic rings. The van der Waals surface area contributed by atoms with Crippen LogP contribution in [0.3, 0.4) is 0 Å². The van der Waals surface area contributed by atoms with Crippen molar-refractivity contribution in [2.75, 3.05) is 12.9 Å². The van der Waals surface area contributed by atoms with E-state index in [1.54, 1.807) is 0 Å². The summed E-state index contributed by atoms with van der Waals surface area (Å²) in [5, 5.41) is 4.65. The lowest BCUT2D eigenvalue weighted by atomic mass is 9.80. The number of aryl methyl sites for hydroxylation is 1. The fourth-order valence-electron chi connectivity index (χ4n) is 3.32. The van der Waals surface area contributed by atoms with Crippen LogP contribution in [-0.2, 0) is 9.84 Å². The van der Waals surface area contributed by atoms with Crippen molar-refractivity contribution < 1.29 is 35.6 Å². The van der Waals surface area contributed by atoms with Gasteiger partial charge in [0.05, 0.1) is 5.92 Å². The maximum atomic E-state index is 12.8. The fraction of sp³-hybridized carbons (Fsp3) is 0.579. The van der Waals surface area contributed by atoms with Crippen LogP contribution in [-0.4, -0.2) is 53.9 Å². The number of carbonyl (C=O) groups excluding carboxylic acids is 1. The molecule has 1 N–H and O–H groups in total. The van der Waals surface area contributed by atoms with E-state index in [1.165, 1.54) is 20.0 Å². The first-order valence-electron chi connectivity index (χ1n) is 9.84. The highest BCUT2D eigenvalue weighted by molar-refractivity contribution is 7.91. The van der Waals surface area contributed by atoms with Crippen molar-refractivity contribution in [1.82, 2.24) is 20.4 Å². The minimum Gasteiger partial charge on any atom is -0.484 e. The third-order valence-electron chi connectivity index (χ3n) is 5.20. The van der Waals surface area contributed by atoms with Gasteiger partial charge >= 0.3 is 6.18 Å². The molecule has 9 nitrogen and oxygen atoms in total. The molecule has 1 aliphatic carbocycles. The van der Waals surface area contributed by atoms with Crippen molar-refractivity contribution in [3.8, 4) is 5.75 Å². The largest absolute Gasteiger partial charge is 0.484 e. The molecule has 3 rings (SSSR count). The molecule has 0 spiro atoms. The van der Waals surface area contributed by atoms with E-state index in [2.05, 4.69) is 20.4 Å². The molecule has 0 aromatic carbocycles. The number of pyridine rings is 1. The summed E-state index contributed by atoms with van der Waals surface area (Å²) in [7, 11) is -3.82. The Morgan fingerprint density at radius 1 is 1.38 bits per heavy atom. The lowest BCUT2D eigenvalue weighted by molar-refractivity contribution is -0.153. The number of halogens is 3. The molecule has 1 unspecified atom stereocenters. The molecule has 176 valence electrons. The molecule has 0 aliphatic heterocycles. The van der Waals surface area contributed by atoms with Gasteiger partial charge in [0.1, 0.15) is 16.8 Å². The van der Waals surface area contributed by atoms with E-state index in [1.807, 2.05) is 0 Å². The first-order chi connectivity index (χ1) is 14.8. The predicted molar refractivity (Wildman–Crippen MR) is 106 cm³/mol. The van der Waals surface area contributed by atoms with Gasteiger partial charge in [0.25, 0.3) is 5.91 Å². The van der Waals surface area contributed by atoms with Crippen LogP contribution < -0.4 is 10.1 Å². The Morgan fingerprint density at radius 3 is 2.56 bits per heavy atom. The van der Waals surface area contributed by atoms with Crippen LogP contribution in [0.4, 0.5) is 13.2 Å². The van der Waals surface area contributed by atoms with Crippen molar-refractivity contribution >= 4 is 15.7 Å². The minimum atomic E-state index is -4.55. The van der Waals surface area contributed by atoms with E-state index < -0.39 is 39.8 Å². The summed E-state index contributed by atoms with van der Waals surface area (Å²) in [5.41, 5.74) is 0.225. The number of amides is 1. The first kappa shape index (κ1) is 24.0. The van der Waals surface area contributed by atoms with E-state index in [0.717, 1.165) is 31.6 Å². The monoisotopic (exact) mass is 476 g/mol. The normalized spacial score (nSPS) is 16.8. The van der Waals surface area contributed by atoms with Crippen LogP contribution in [0.5, 0.6) is 5.75 Å². The molecule has 2 aromatic heterocycles. The van der Waals surface area contributed by atoms with Crippen molar-refractivity contribution in [3.63, 3.8) is 0 Å². The van der Waals surface area contributed by atoms with Crippen LogP contribution in [0.25, 0.3) is 0 Å². The first-order valence-corrected chi connectivity index (χ1v) is 11.8. The maximum Gasteiger partial charge on any atom is 0.422 e. The number of sulfone groups is 1. The van der Waals surface area contributed by atoms with Crippen LogP contribution in [0, 0.1) is 6.92 Å². The minimum absolute atomic E-state index is 0.00751. The third kappa shape index (κ3) is 5.75. The molecule has 1 fully saturated rings. The summed E-state index contributed by atoms with van der Waals surface area (Å²) >= 11 is 0. The van der Waals surface area contributed by atoms with Crippen LogP contribution in [0.1, 0.15) is 65.8 Å². The molecular weight excluding hydrogens is 453 g/mol. The van der Waals surface area contributed by atoms with Crippen molar-refractivity contribution in [1.29, 1.82) is 0 Å². The average Bonchev–Trinajstić information content (AvgIpc) is 3.08. The van der Waals surface area contributed by atoms with Gasteiger partial charge in [-0.25, -0.2) is 8.42 Å². The number of hydrogen-bond donors (Lipinski definition) is 1. The van der Waals surface area contributed by atoms with Crippen LogP contribution >= 0.6 is 0 Å². The zero-order valence-corrected chi connectivity index (χ0v) is 18.5. The highest BCUT2D eigenvalue weighted by atomic mass is 32.2. The summed E-state index contributed by atoms with van der Waals surface area (Å²) < 4.78 is 72.5. The standard InChI is InChI=1S/C19H23F3N4O5S/c1-10(16-24-11(2)31-26-16)18(32(3,28)29)25-17(27)14-7-15(30-9-19(20,21)22)13(8-23-14)12-5-4-6-12/h7-8,10,12,18H,4-6,9H2,1-3H3,(H,25,27)/t10-,18?/m1/s1. The lowest BCUT2D eigenvalue weighted by Crippen LogP contribution is -2.44. The van der Waals surface area contributed by atoms with Crippen LogP contribution in [0.15, 0.2) is 16.8 Å². The Morgan fingerprint density at radius 2 is 2.06 bits per heavy atom. The number of rotatable bonds is 8. The van der Waals surface area contributed by atoms with Gasteiger partial charge in [-0.3, -0.25) is 9.78 Å². The molecule has 2 atom stereocenters. The van der Waals surface area contributed by atoms with E-state index in [-0.39, 0.29) is 29.1 Å². The summed E-state index contributed by atoms with van der Waals surface area (Å²) in [6.45, 7) is 1.52. The molecule has 32 heavy (non-hydrogen) atoms. The average molecular weight is 476 g/mol. The molecular formula is C19H23F3N4O5S. The SMILES string of the molecule is Cc1nc([C@@H](C)C(NC(=O)c2cc(OCC(F)(F)F)c(C3CCC3)cn2)S(C)(=O)=O)no1. The van der Waals surface area contributed by atoms with Crippen LogP contribution in [0.2, 0.25) is 0 Å². The fourth-order valence-corrected chi connectivity index (χ4v) is 4.51. The smallest absolute Gasteiger partial charge is 0.422 e. The second kappa shape index (κ2) is 9.04. The summed E-state index contributed by atoms with van der Waals surface area (Å²) in [5.74, 6) is -1.52. The number of nitrogens with zero attached hydrogens (tertiary/aromatic N) is 3. The molecule has 0 bridgehead atoms. The van der Waals surface area contributed by atoms with E-state index in [0.29, 0.717) is 5.56 Å². The molecule has 0 radical (unpaired) electrons. The van der Waals surface area contributed by atoms with Gasteiger partial charge < -0.3 is 14.6 Å². The van der Waals surface area contributed by atoms with Crippen molar-refractivity contribution in [2.24, 2.45) is 0 Å². The zero-order valence-electron chi connectivity index (χ0n) is 17.6. The van der Waals surface area contributed by atoms with Gasteiger partial charge in [-0.2, -0.15) is 18.2 Å².